The predicted molar refractivity (Wildman–Crippen MR) is 76.7 cm³/mol. The molecule has 2 heterocycles. The van der Waals surface area contributed by atoms with E-state index < -0.39 is 15.8 Å². The summed E-state index contributed by atoms with van der Waals surface area (Å²) in [7, 11) is -3.58. The molecule has 0 saturated carbocycles. The Balaban J connectivity index is 1.99. The largest absolute Gasteiger partial charge is 0.243 e. The summed E-state index contributed by atoms with van der Waals surface area (Å²) in [4.78, 5) is 1.40. The van der Waals surface area contributed by atoms with Crippen LogP contribution in [0.2, 0.25) is 0 Å². The Morgan fingerprint density at radius 2 is 1.95 bits per heavy atom. The molecule has 3 nitrogen and oxygen atoms in total. The molecule has 0 saturated heterocycles. The van der Waals surface area contributed by atoms with Gasteiger partial charge in [0.05, 0.1) is 4.90 Å². The summed E-state index contributed by atoms with van der Waals surface area (Å²) in [5, 5.41) is 2.00. The second-order valence-electron chi connectivity index (χ2n) is 4.79. The number of sulfonamides is 1. The third-order valence-electron chi connectivity index (χ3n) is 3.64. The van der Waals surface area contributed by atoms with E-state index in [2.05, 4.69) is 0 Å². The Bertz CT molecular complexity index is 722. The van der Waals surface area contributed by atoms with Gasteiger partial charge in [0, 0.05) is 17.5 Å². The first-order valence-electron chi connectivity index (χ1n) is 6.34. The van der Waals surface area contributed by atoms with Gasteiger partial charge in [-0.2, -0.15) is 4.31 Å². The van der Waals surface area contributed by atoms with Crippen LogP contribution in [-0.4, -0.2) is 19.3 Å². The molecule has 1 aliphatic rings. The molecule has 6 heteroatoms. The lowest BCUT2D eigenvalue weighted by Crippen LogP contribution is -2.38. The van der Waals surface area contributed by atoms with Gasteiger partial charge < -0.3 is 0 Å². The van der Waals surface area contributed by atoms with Crippen LogP contribution >= 0.6 is 11.3 Å². The van der Waals surface area contributed by atoms with Crippen LogP contribution in [0.4, 0.5) is 4.39 Å². The fourth-order valence-corrected chi connectivity index (χ4v) is 5.13. The van der Waals surface area contributed by atoms with Crippen LogP contribution in [0.15, 0.2) is 40.6 Å². The molecule has 0 bridgehead atoms. The number of fused-ring (bicyclic) bond motifs is 1. The summed E-state index contributed by atoms with van der Waals surface area (Å²) >= 11 is 1.67. The van der Waals surface area contributed by atoms with E-state index in [0.29, 0.717) is 6.54 Å². The summed E-state index contributed by atoms with van der Waals surface area (Å²) in [6, 6.07) is 6.80. The van der Waals surface area contributed by atoms with Crippen molar-refractivity contribution >= 4 is 21.4 Å². The molecule has 1 atom stereocenters. The maximum Gasteiger partial charge on any atom is 0.243 e. The summed E-state index contributed by atoms with van der Waals surface area (Å²) in [6.07, 6.45) is 0.734. The molecule has 1 aliphatic heterocycles. The van der Waals surface area contributed by atoms with Crippen molar-refractivity contribution in [3.63, 3.8) is 0 Å². The first-order valence-corrected chi connectivity index (χ1v) is 8.66. The zero-order valence-corrected chi connectivity index (χ0v) is 12.5. The van der Waals surface area contributed by atoms with E-state index in [-0.39, 0.29) is 10.9 Å². The third kappa shape index (κ3) is 2.17. The second-order valence-corrected chi connectivity index (χ2v) is 7.69. The van der Waals surface area contributed by atoms with Gasteiger partial charge in [-0.25, -0.2) is 12.8 Å². The lowest BCUT2D eigenvalue weighted by atomic mass is 10.0. The van der Waals surface area contributed by atoms with Gasteiger partial charge in [0.25, 0.3) is 0 Å². The van der Waals surface area contributed by atoms with Gasteiger partial charge in [0.15, 0.2) is 0 Å². The molecule has 3 rings (SSSR count). The number of rotatable bonds is 2. The van der Waals surface area contributed by atoms with Crippen LogP contribution in [0.25, 0.3) is 0 Å². The fraction of sp³-hybridized carbons (Fsp3) is 0.286. The highest BCUT2D eigenvalue weighted by atomic mass is 32.2. The number of thiophene rings is 1. The van der Waals surface area contributed by atoms with E-state index in [1.54, 1.807) is 11.3 Å². The van der Waals surface area contributed by atoms with Crippen molar-refractivity contribution in [1.82, 2.24) is 4.31 Å². The highest BCUT2D eigenvalue weighted by molar-refractivity contribution is 7.89. The SMILES string of the molecule is C[C@H]1c2ccsc2CCN1S(=O)(=O)c1ccc(F)cc1. The van der Waals surface area contributed by atoms with Crippen molar-refractivity contribution in [2.75, 3.05) is 6.54 Å². The molecule has 106 valence electrons. The summed E-state index contributed by atoms with van der Waals surface area (Å²) in [6.45, 7) is 2.36. The monoisotopic (exact) mass is 311 g/mol. The molecule has 1 aromatic heterocycles. The molecule has 0 aliphatic carbocycles. The van der Waals surface area contributed by atoms with Crippen molar-refractivity contribution in [2.45, 2.75) is 24.3 Å². The number of hydrogen-bond donors (Lipinski definition) is 0. The van der Waals surface area contributed by atoms with E-state index in [9.17, 15) is 12.8 Å². The van der Waals surface area contributed by atoms with Crippen LogP contribution < -0.4 is 0 Å². The van der Waals surface area contributed by atoms with Gasteiger partial charge in [-0.05, 0) is 54.6 Å². The maximum atomic E-state index is 12.9. The first kappa shape index (κ1) is 13.7. The standard InChI is InChI=1S/C14H14FNO2S2/c1-10-13-7-9-19-14(13)6-8-16(10)20(17,18)12-4-2-11(15)3-5-12/h2-5,7,9-10H,6,8H2,1H3/t10-/m0/s1. The molecule has 0 amide bonds. The molecule has 0 spiro atoms. The van der Waals surface area contributed by atoms with Crippen molar-refractivity contribution in [3.05, 3.63) is 52.0 Å². The summed E-state index contributed by atoms with van der Waals surface area (Å²) < 4.78 is 39.7. The Kier molecular flexibility index (Phi) is 3.40. The molecule has 2 aromatic rings. The highest BCUT2D eigenvalue weighted by Gasteiger charge is 2.34. The smallest absolute Gasteiger partial charge is 0.207 e. The van der Waals surface area contributed by atoms with Crippen LogP contribution in [0, 0.1) is 5.82 Å². The number of nitrogens with zero attached hydrogens (tertiary/aromatic N) is 1. The average Bonchev–Trinajstić information content (AvgIpc) is 2.88. The van der Waals surface area contributed by atoms with Crippen LogP contribution in [-0.2, 0) is 16.4 Å². The molecule has 0 N–H and O–H groups in total. The molecule has 0 radical (unpaired) electrons. The van der Waals surface area contributed by atoms with Gasteiger partial charge in [-0.15, -0.1) is 11.3 Å². The zero-order chi connectivity index (χ0) is 14.3. The molecular formula is C14H14FNO2S2. The van der Waals surface area contributed by atoms with E-state index in [1.807, 2.05) is 18.4 Å². The molecular weight excluding hydrogens is 297 g/mol. The highest BCUT2D eigenvalue weighted by Crippen LogP contribution is 2.36. The fourth-order valence-electron chi connectivity index (χ4n) is 2.56. The minimum absolute atomic E-state index is 0.143. The maximum absolute atomic E-state index is 12.9. The molecule has 0 fully saturated rings. The van der Waals surface area contributed by atoms with Gasteiger partial charge >= 0.3 is 0 Å². The Labute approximate surface area is 121 Å². The first-order chi connectivity index (χ1) is 9.50. The van der Waals surface area contributed by atoms with Gasteiger partial charge in [-0.1, -0.05) is 0 Å². The van der Waals surface area contributed by atoms with Gasteiger partial charge in [-0.3, -0.25) is 0 Å². The number of benzene rings is 1. The topological polar surface area (TPSA) is 37.4 Å². The quantitative estimate of drug-likeness (QED) is 0.854. The number of hydrogen-bond acceptors (Lipinski definition) is 3. The van der Waals surface area contributed by atoms with E-state index >= 15 is 0 Å². The minimum Gasteiger partial charge on any atom is -0.207 e. The van der Waals surface area contributed by atoms with E-state index in [1.165, 1.54) is 33.4 Å². The molecule has 1 aromatic carbocycles. The van der Waals surface area contributed by atoms with Crippen LogP contribution in [0.5, 0.6) is 0 Å². The van der Waals surface area contributed by atoms with Gasteiger partial charge in [0.1, 0.15) is 5.82 Å². The zero-order valence-electron chi connectivity index (χ0n) is 10.9. The van der Waals surface area contributed by atoms with E-state index in [4.69, 9.17) is 0 Å². The van der Waals surface area contributed by atoms with Crippen LogP contribution in [0.3, 0.4) is 0 Å². The van der Waals surface area contributed by atoms with Crippen LogP contribution in [0.1, 0.15) is 23.4 Å². The summed E-state index contributed by atoms with van der Waals surface area (Å²) in [5.74, 6) is -0.434. The van der Waals surface area contributed by atoms with Crippen molar-refractivity contribution in [1.29, 1.82) is 0 Å². The Morgan fingerprint density at radius 1 is 1.25 bits per heavy atom. The lowest BCUT2D eigenvalue weighted by molar-refractivity contribution is 0.329. The Hall–Kier alpha value is -1.24. The predicted octanol–water partition coefficient (Wildman–Crippen LogP) is 3.20. The van der Waals surface area contributed by atoms with Crippen molar-refractivity contribution in [3.8, 4) is 0 Å². The average molecular weight is 311 g/mol. The summed E-state index contributed by atoms with van der Waals surface area (Å²) in [5.41, 5.74) is 1.08. The number of halogens is 1. The third-order valence-corrected chi connectivity index (χ3v) is 6.62. The molecule has 20 heavy (non-hydrogen) atoms. The van der Waals surface area contributed by atoms with Gasteiger partial charge in [0.2, 0.25) is 10.0 Å². The van der Waals surface area contributed by atoms with E-state index in [0.717, 1.165) is 12.0 Å². The molecule has 0 unspecified atom stereocenters. The lowest BCUT2D eigenvalue weighted by Gasteiger charge is -2.32. The van der Waals surface area contributed by atoms with Crippen molar-refractivity contribution < 1.29 is 12.8 Å². The minimum atomic E-state index is -3.58. The second kappa shape index (κ2) is 4.95. The Morgan fingerprint density at radius 3 is 2.65 bits per heavy atom. The van der Waals surface area contributed by atoms with Crippen molar-refractivity contribution in [2.24, 2.45) is 0 Å². The normalized spacial score (nSPS) is 19.8.